The molecule has 1 heterocycles. The number of carbonyl (C=O) groups excluding carboxylic acids is 1. The van der Waals surface area contributed by atoms with Crippen LogP contribution in [0.3, 0.4) is 0 Å². The minimum Gasteiger partial charge on any atom is -0.494 e. The summed E-state index contributed by atoms with van der Waals surface area (Å²) in [5.41, 5.74) is 6.51. The van der Waals surface area contributed by atoms with Gasteiger partial charge in [-0.1, -0.05) is 88.7 Å². The molecule has 1 amide bonds. The number of rotatable bonds is 14. The van der Waals surface area contributed by atoms with Crippen LogP contribution in [0.4, 0.5) is 0 Å². The van der Waals surface area contributed by atoms with Crippen LogP contribution in [0, 0.1) is 0 Å². The summed E-state index contributed by atoms with van der Waals surface area (Å²) in [4.78, 5) is 19.6. The smallest absolute Gasteiger partial charge is 0.266 e. The fraction of sp³-hybridized carbons (Fsp3) is 0.211. The first-order valence-electron chi connectivity index (χ1n) is 15.9. The summed E-state index contributed by atoms with van der Waals surface area (Å²) in [6.45, 7) is 0.717. The minimum absolute atomic E-state index is 0.0289. The summed E-state index contributed by atoms with van der Waals surface area (Å²) in [7, 11) is -3.79. The zero-order valence-corrected chi connectivity index (χ0v) is 29.0. The van der Waals surface area contributed by atoms with E-state index in [1.807, 2.05) is 66.7 Å². The second kappa shape index (κ2) is 15.3. The van der Waals surface area contributed by atoms with Crippen molar-refractivity contribution in [1.29, 1.82) is 0 Å². The highest BCUT2D eigenvalue weighted by Crippen LogP contribution is 2.43. The average Bonchev–Trinajstić information content (AvgIpc) is 3.53. The molecule has 2 atom stereocenters. The number of aliphatic imine (C=N–C) groups is 1. The molecule has 1 aliphatic heterocycles. The molecule has 0 spiro atoms. The normalized spacial score (nSPS) is 17.3. The van der Waals surface area contributed by atoms with E-state index in [0.717, 1.165) is 20.8 Å². The van der Waals surface area contributed by atoms with E-state index in [4.69, 9.17) is 19.6 Å². The van der Waals surface area contributed by atoms with E-state index in [1.165, 1.54) is 0 Å². The van der Waals surface area contributed by atoms with Gasteiger partial charge < -0.3 is 14.6 Å². The van der Waals surface area contributed by atoms with Crippen molar-refractivity contribution in [2.45, 2.75) is 35.9 Å². The number of sulfone groups is 1. The highest BCUT2D eigenvalue weighted by molar-refractivity contribution is 9.10. The van der Waals surface area contributed by atoms with Crippen molar-refractivity contribution in [2.24, 2.45) is 4.99 Å². The Morgan fingerprint density at radius 3 is 2.37 bits per heavy atom. The van der Waals surface area contributed by atoms with Crippen molar-refractivity contribution in [3.05, 3.63) is 142 Å². The van der Waals surface area contributed by atoms with Crippen LogP contribution in [0.1, 0.15) is 35.6 Å². The van der Waals surface area contributed by atoms with Crippen LogP contribution in [0.2, 0.25) is 0 Å². The highest BCUT2D eigenvalue weighted by atomic mass is 79.9. The number of nitrogens with one attached hydrogen (secondary N) is 2. The number of hydrogen-bond acceptors (Lipinski definition) is 8. The van der Waals surface area contributed by atoms with Crippen molar-refractivity contribution >= 4 is 48.3 Å². The zero-order chi connectivity index (χ0) is 34.3. The first kappa shape index (κ1) is 34.3. The van der Waals surface area contributed by atoms with E-state index in [-0.39, 0.29) is 29.6 Å². The Balaban J connectivity index is 1.35. The molecule has 6 rings (SSSR count). The number of halogens is 1. The van der Waals surface area contributed by atoms with Gasteiger partial charge in [-0.05, 0) is 70.4 Å². The molecule has 5 aromatic rings. The predicted octanol–water partition coefficient (Wildman–Crippen LogP) is 6.31. The third-order valence-corrected chi connectivity index (χ3v) is 10.7. The first-order chi connectivity index (χ1) is 23.8. The van der Waals surface area contributed by atoms with Gasteiger partial charge in [0.1, 0.15) is 5.75 Å². The van der Waals surface area contributed by atoms with Crippen molar-refractivity contribution in [2.75, 3.05) is 19.0 Å². The van der Waals surface area contributed by atoms with Crippen LogP contribution >= 0.6 is 15.9 Å². The van der Waals surface area contributed by atoms with Gasteiger partial charge in [0, 0.05) is 36.0 Å². The first-order valence-corrected chi connectivity index (χ1v) is 18.4. The van der Waals surface area contributed by atoms with Crippen LogP contribution in [0.5, 0.6) is 5.75 Å². The number of hydrogen-bond donors (Lipinski definition) is 3. The van der Waals surface area contributed by atoms with Crippen LogP contribution in [0.25, 0.3) is 10.8 Å². The summed E-state index contributed by atoms with van der Waals surface area (Å²) < 4.78 is 40.2. The molecule has 49 heavy (non-hydrogen) atoms. The van der Waals surface area contributed by atoms with Crippen LogP contribution < -0.4 is 15.6 Å². The number of carbonyl (C=O) groups is 1. The molecule has 0 aromatic heterocycles. The second-order valence-corrected chi connectivity index (χ2v) is 14.7. The number of benzene rings is 5. The maximum atomic E-state index is 14.5. The van der Waals surface area contributed by atoms with E-state index in [9.17, 15) is 13.2 Å². The molecule has 252 valence electrons. The second-order valence-electron chi connectivity index (χ2n) is 11.7. The number of ether oxygens (including phenoxy) is 2. The van der Waals surface area contributed by atoms with Crippen molar-refractivity contribution in [1.82, 2.24) is 10.9 Å². The van der Waals surface area contributed by atoms with E-state index in [1.54, 1.807) is 54.6 Å². The van der Waals surface area contributed by atoms with Gasteiger partial charge in [-0.15, -0.1) is 0 Å². The lowest BCUT2D eigenvalue weighted by Crippen LogP contribution is -2.53. The molecule has 3 N–H and O–H groups in total. The lowest BCUT2D eigenvalue weighted by molar-refractivity contribution is -0.130. The van der Waals surface area contributed by atoms with Gasteiger partial charge in [0.25, 0.3) is 5.91 Å². The van der Waals surface area contributed by atoms with E-state index in [2.05, 4.69) is 26.8 Å². The predicted molar refractivity (Wildman–Crippen MR) is 193 cm³/mol. The summed E-state index contributed by atoms with van der Waals surface area (Å²) in [6, 6.07) is 36.6. The topological polar surface area (TPSA) is 126 Å². The lowest BCUT2D eigenvalue weighted by atomic mass is 9.85. The van der Waals surface area contributed by atoms with Crippen molar-refractivity contribution in [3.63, 3.8) is 0 Å². The van der Waals surface area contributed by atoms with E-state index in [0.29, 0.717) is 36.4 Å². The highest BCUT2D eigenvalue weighted by Gasteiger charge is 2.53. The monoisotopic (exact) mass is 741 g/mol. The van der Waals surface area contributed by atoms with Crippen LogP contribution in [-0.4, -0.2) is 49.8 Å². The maximum Gasteiger partial charge on any atom is 0.266 e. The third kappa shape index (κ3) is 7.86. The molecule has 1 aliphatic rings. The molecule has 0 fully saturated rings. The molecule has 0 saturated carbocycles. The zero-order valence-electron chi connectivity index (χ0n) is 26.6. The number of aliphatic hydroxyl groups is 1. The summed E-state index contributed by atoms with van der Waals surface area (Å²) in [5.74, 6) is -0.0617. The van der Waals surface area contributed by atoms with Gasteiger partial charge in [0.15, 0.2) is 21.5 Å². The maximum absolute atomic E-state index is 14.5. The largest absolute Gasteiger partial charge is 0.494 e. The summed E-state index contributed by atoms with van der Waals surface area (Å²) in [6.07, 6.45) is -0.593. The van der Waals surface area contributed by atoms with Gasteiger partial charge in [0.05, 0.1) is 17.3 Å². The third-order valence-electron chi connectivity index (χ3n) is 8.42. The number of hydrazine groups is 1. The minimum atomic E-state index is -3.79. The Hall–Kier alpha value is -4.55. The molecule has 0 radical (unpaired) electrons. The molecule has 5 aromatic carbocycles. The Morgan fingerprint density at radius 2 is 1.61 bits per heavy atom. The number of fused-ring (bicyclic) bond motifs is 1. The SMILES string of the molecule is O=C(NNCc1cccc2ccccc12)[C@@]1(CCS(=O)(=O)c2ccccc2)N=C(c2ccc(OCCCO)cc2)O[C@H]1c1ccc(Br)cc1. The van der Waals surface area contributed by atoms with Crippen LogP contribution in [-0.2, 0) is 25.9 Å². The lowest BCUT2D eigenvalue weighted by Gasteiger charge is -2.30. The average molecular weight is 743 g/mol. The van der Waals surface area contributed by atoms with E-state index >= 15 is 0 Å². The molecule has 9 nitrogen and oxygen atoms in total. The Kier molecular flexibility index (Phi) is 10.7. The fourth-order valence-corrected chi connectivity index (χ4v) is 7.47. The molecule has 0 bridgehead atoms. The van der Waals surface area contributed by atoms with Gasteiger partial charge in [-0.25, -0.2) is 18.8 Å². The molecule has 0 unspecified atom stereocenters. The fourth-order valence-electron chi connectivity index (χ4n) is 5.82. The van der Waals surface area contributed by atoms with Crippen LogP contribution in [0.15, 0.2) is 136 Å². The Labute approximate surface area is 294 Å². The van der Waals surface area contributed by atoms with Gasteiger partial charge in [-0.2, -0.15) is 0 Å². The molecule has 11 heteroatoms. The standard InChI is InChI=1S/C38H36BrN3O6S/c39-31-18-14-28(15-19-31)35-38(22-25-49(45,46)33-11-2-1-3-12-33,41-36(48-35)29-16-20-32(21-17-29)47-24-7-23-43)37(44)42-40-26-30-10-6-9-27-8-4-5-13-34(27)30/h1-6,8-21,35,40,43H,7,22-26H2,(H,42,44)/t35-,38-/m0/s1. The Morgan fingerprint density at radius 1 is 0.898 bits per heavy atom. The number of nitrogens with zero attached hydrogens (tertiary/aromatic N) is 1. The van der Waals surface area contributed by atoms with E-state index < -0.39 is 27.4 Å². The van der Waals surface area contributed by atoms with Crippen molar-refractivity contribution < 1.29 is 27.8 Å². The summed E-state index contributed by atoms with van der Waals surface area (Å²) >= 11 is 3.48. The summed E-state index contributed by atoms with van der Waals surface area (Å²) in [5, 5.41) is 11.2. The van der Waals surface area contributed by atoms with Gasteiger partial charge in [-0.3, -0.25) is 10.2 Å². The quantitative estimate of drug-likeness (QED) is 0.0901. The Bertz CT molecular complexity index is 2040. The molecular formula is C38H36BrN3O6S. The van der Waals surface area contributed by atoms with Gasteiger partial charge in [0.2, 0.25) is 5.90 Å². The molecular weight excluding hydrogens is 706 g/mol. The number of aliphatic hydroxyl groups excluding tert-OH is 1. The van der Waals surface area contributed by atoms with Crippen molar-refractivity contribution in [3.8, 4) is 5.75 Å². The molecule has 0 aliphatic carbocycles. The molecule has 0 saturated heterocycles. The van der Waals surface area contributed by atoms with Gasteiger partial charge >= 0.3 is 0 Å². The number of amides is 1.